The molecule has 0 aromatic rings. The molecule has 2 N–H and O–H groups in total. The van der Waals surface area contributed by atoms with Crippen LogP contribution in [0.15, 0.2) is 0 Å². The first kappa shape index (κ1) is 16.3. The molecular formula is C15H32N2S. The summed E-state index contributed by atoms with van der Waals surface area (Å²) >= 11 is 2.06. The molecule has 0 saturated carbocycles. The molecule has 2 nitrogen and oxygen atoms in total. The van der Waals surface area contributed by atoms with Crippen molar-refractivity contribution in [2.75, 3.05) is 25.1 Å². The van der Waals surface area contributed by atoms with Gasteiger partial charge in [-0.15, -0.1) is 0 Å². The molecule has 0 aromatic heterocycles. The van der Waals surface area contributed by atoms with Gasteiger partial charge in [0.2, 0.25) is 0 Å². The van der Waals surface area contributed by atoms with Gasteiger partial charge >= 0.3 is 0 Å². The normalized spacial score (nSPS) is 30.5. The van der Waals surface area contributed by atoms with Gasteiger partial charge in [-0.2, -0.15) is 11.8 Å². The Morgan fingerprint density at radius 1 is 1.33 bits per heavy atom. The van der Waals surface area contributed by atoms with Gasteiger partial charge in [-0.05, 0) is 37.0 Å². The number of likely N-dealkylation sites (N-methyl/N-ethyl adjacent to an activating group) is 1. The summed E-state index contributed by atoms with van der Waals surface area (Å²) in [5, 5.41) is 0. The maximum absolute atomic E-state index is 6.24. The molecule has 0 radical (unpaired) electrons. The van der Waals surface area contributed by atoms with E-state index < -0.39 is 0 Å². The fourth-order valence-electron chi connectivity index (χ4n) is 3.01. The zero-order chi connectivity index (χ0) is 14.2. The van der Waals surface area contributed by atoms with E-state index in [1.54, 1.807) is 0 Å². The van der Waals surface area contributed by atoms with Crippen LogP contribution in [0.4, 0.5) is 0 Å². The van der Waals surface area contributed by atoms with Gasteiger partial charge in [0.25, 0.3) is 0 Å². The minimum Gasteiger partial charge on any atom is -0.329 e. The number of nitrogens with zero attached hydrogens (tertiary/aromatic N) is 1. The van der Waals surface area contributed by atoms with E-state index in [4.69, 9.17) is 5.73 Å². The van der Waals surface area contributed by atoms with Crippen LogP contribution in [0, 0.1) is 10.8 Å². The van der Waals surface area contributed by atoms with Gasteiger partial charge in [0.05, 0.1) is 0 Å². The predicted molar refractivity (Wildman–Crippen MR) is 84.2 cm³/mol. The highest BCUT2D eigenvalue weighted by atomic mass is 32.2. The van der Waals surface area contributed by atoms with E-state index in [9.17, 15) is 0 Å². The van der Waals surface area contributed by atoms with Crippen LogP contribution in [0.1, 0.15) is 48.0 Å². The van der Waals surface area contributed by atoms with Crippen molar-refractivity contribution in [3.05, 3.63) is 0 Å². The first-order valence-electron chi connectivity index (χ1n) is 7.09. The second-order valence-corrected chi connectivity index (χ2v) is 8.68. The van der Waals surface area contributed by atoms with Crippen molar-refractivity contribution in [1.82, 2.24) is 4.90 Å². The molecule has 1 heterocycles. The fraction of sp³-hybridized carbons (Fsp3) is 1.00. The molecule has 0 aromatic carbocycles. The second-order valence-electron chi connectivity index (χ2n) is 7.58. The topological polar surface area (TPSA) is 29.3 Å². The number of rotatable bonds is 3. The molecule has 2 unspecified atom stereocenters. The lowest BCUT2D eigenvalue weighted by atomic mass is 9.68. The Kier molecular flexibility index (Phi) is 4.84. The highest BCUT2D eigenvalue weighted by molar-refractivity contribution is 7.99. The highest BCUT2D eigenvalue weighted by Gasteiger charge is 2.51. The summed E-state index contributed by atoms with van der Waals surface area (Å²) in [5.41, 5.74) is 6.95. The molecule has 0 bridgehead atoms. The molecule has 0 aliphatic carbocycles. The molecule has 1 fully saturated rings. The standard InChI is InChI=1S/C15H32N2S/c1-12(13(2,3)4)17(7)15(10-16)11-18-9-8-14(15,5)6/h12H,8-11,16H2,1-7H3. The summed E-state index contributed by atoms with van der Waals surface area (Å²) in [6, 6.07) is 0.527. The quantitative estimate of drug-likeness (QED) is 0.855. The summed E-state index contributed by atoms with van der Waals surface area (Å²) in [6.07, 6.45) is 1.26. The Morgan fingerprint density at radius 3 is 2.28 bits per heavy atom. The molecule has 1 aliphatic rings. The molecule has 18 heavy (non-hydrogen) atoms. The Morgan fingerprint density at radius 2 is 1.89 bits per heavy atom. The number of thioether (sulfide) groups is 1. The third-order valence-corrected chi connectivity index (χ3v) is 6.49. The monoisotopic (exact) mass is 272 g/mol. The summed E-state index contributed by atoms with van der Waals surface area (Å²) < 4.78 is 0. The van der Waals surface area contributed by atoms with Crippen molar-refractivity contribution in [2.45, 2.75) is 59.5 Å². The third-order valence-electron chi connectivity index (χ3n) is 5.32. The van der Waals surface area contributed by atoms with E-state index in [-0.39, 0.29) is 11.0 Å². The fourth-order valence-corrected chi connectivity index (χ4v) is 4.86. The molecule has 0 amide bonds. The van der Waals surface area contributed by atoms with Crippen LogP contribution < -0.4 is 5.73 Å². The van der Waals surface area contributed by atoms with Crippen LogP contribution in [-0.2, 0) is 0 Å². The average molecular weight is 273 g/mol. The lowest BCUT2D eigenvalue weighted by Crippen LogP contribution is -2.67. The van der Waals surface area contributed by atoms with Crippen molar-refractivity contribution >= 4 is 11.8 Å². The second kappa shape index (κ2) is 5.34. The molecule has 0 spiro atoms. The minimum atomic E-state index is 0.128. The van der Waals surface area contributed by atoms with Crippen LogP contribution in [0.2, 0.25) is 0 Å². The van der Waals surface area contributed by atoms with Gasteiger partial charge in [-0.1, -0.05) is 34.6 Å². The zero-order valence-corrected chi connectivity index (χ0v) is 14.2. The van der Waals surface area contributed by atoms with Crippen LogP contribution in [-0.4, -0.2) is 41.6 Å². The Hall–Kier alpha value is 0.270. The van der Waals surface area contributed by atoms with Crippen molar-refractivity contribution in [2.24, 2.45) is 16.6 Å². The van der Waals surface area contributed by atoms with Crippen molar-refractivity contribution in [3.63, 3.8) is 0 Å². The smallest absolute Gasteiger partial charge is 0.0472 e. The SMILES string of the molecule is CC(N(C)C1(CN)CSCCC1(C)C)C(C)(C)C. The maximum atomic E-state index is 6.24. The van der Waals surface area contributed by atoms with Crippen LogP contribution in [0.5, 0.6) is 0 Å². The molecule has 1 saturated heterocycles. The van der Waals surface area contributed by atoms with Gasteiger partial charge in [-0.25, -0.2) is 0 Å². The number of hydrogen-bond acceptors (Lipinski definition) is 3. The first-order valence-corrected chi connectivity index (χ1v) is 8.25. The van der Waals surface area contributed by atoms with E-state index in [0.717, 1.165) is 12.3 Å². The molecule has 1 aliphatic heterocycles. The largest absolute Gasteiger partial charge is 0.329 e. The van der Waals surface area contributed by atoms with Crippen LogP contribution in [0.25, 0.3) is 0 Å². The summed E-state index contributed by atoms with van der Waals surface area (Å²) in [5.74, 6) is 2.43. The Bertz CT molecular complexity index is 283. The van der Waals surface area contributed by atoms with Crippen LogP contribution in [0.3, 0.4) is 0 Å². The highest BCUT2D eigenvalue weighted by Crippen LogP contribution is 2.46. The van der Waals surface area contributed by atoms with E-state index in [0.29, 0.717) is 11.5 Å². The van der Waals surface area contributed by atoms with Gasteiger partial charge in [0.15, 0.2) is 0 Å². The van der Waals surface area contributed by atoms with Gasteiger partial charge in [0, 0.05) is 23.9 Å². The lowest BCUT2D eigenvalue weighted by molar-refractivity contribution is -0.0332. The van der Waals surface area contributed by atoms with Crippen LogP contribution >= 0.6 is 11.8 Å². The molecule has 108 valence electrons. The lowest BCUT2D eigenvalue weighted by Gasteiger charge is -2.58. The average Bonchev–Trinajstić information content (AvgIpc) is 2.26. The Balaban J connectivity index is 3.07. The van der Waals surface area contributed by atoms with Crippen molar-refractivity contribution in [3.8, 4) is 0 Å². The van der Waals surface area contributed by atoms with Gasteiger partial charge < -0.3 is 5.73 Å². The zero-order valence-electron chi connectivity index (χ0n) is 13.3. The number of hydrogen-bond donors (Lipinski definition) is 1. The maximum Gasteiger partial charge on any atom is 0.0472 e. The predicted octanol–water partition coefficient (Wildman–Crippen LogP) is 3.21. The van der Waals surface area contributed by atoms with E-state index in [1.807, 2.05) is 0 Å². The Labute approximate surface area is 118 Å². The molecule has 2 atom stereocenters. The molecular weight excluding hydrogens is 240 g/mol. The van der Waals surface area contributed by atoms with Crippen molar-refractivity contribution < 1.29 is 0 Å². The number of nitrogens with two attached hydrogens (primary N) is 1. The van der Waals surface area contributed by atoms with Gasteiger partial charge in [-0.3, -0.25) is 4.90 Å². The van der Waals surface area contributed by atoms with E-state index >= 15 is 0 Å². The summed E-state index contributed by atoms with van der Waals surface area (Å²) in [7, 11) is 2.27. The minimum absolute atomic E-state index is 0.128. The third kappa shape index (κ3) is 2.73. The molecule has 3 heteroatoms. The first-order chi connectivity index (χ1) is 8.08. The summed E-state index contributed by atoms with van der Waals surface area (Å²) in [4.78, 5) is 2.57. The summed E-state index contributed by atoms with van der Waals surface area (Å²) in [6.45, 7) is 14.8. The van der Waals surface area contributed by atoms with Gasteiger partial charge in [0.1, 0.15) is 0 Å². The molecule has 1 rings (SSSR count). The van der Waals surface area contributed by atoms with E-state index in [2.05, 4.69) is 65.3 Å². The van der Waals surface area contributed by atoms with E-state index in [1.165, 1.54) is 12.2 Å². The van der Waals surface area contributed by atoms with Crippen molar-refractivity contribution in [1.29, 1.82) is 0 Å².